The summed E-state index contributed by atoms with van der Waals surface area (Å²) in [5.41, 5.74) is 0.611. The summed E-state index contributed by atoms with van der Waals surface area (Å²) in [5.74, 6) is 0.598. The number of rotatable bonds is 2. The standard InChI is InChI=1S/C13H14N2O3/c1-18-10-6-4-9(5-7-10)15-12(16)11-3-2-8-14(11)13(15)17/h4-7,11H,2-3,8H2,1H3/t11-/m1/s1. The molecule has 1 aromatic rings. The van der Waals surface area contributed by atoms with Crippen LogP contribution in [0.25, 0.3) is 0 Å². The smallest absolute Gasteiger partial charge is 0.332 e. The number of nitrogens with zero attached hydrogens (tertiary/aromatic N) is 2. The fourth-order valence-corrected chi connectivity index (χ4v) is 2.59. The summed E-state index contributed by atoms with van der Waals surface area (Å²) in [6, 6.07) is 6.51. The number of carbonyl (C=O) groups is 2. The molecule has 0 bridgehead atoms. The lowest BCUT2D eigenvalue weighted by atomic mass is 10.2. The number of anilines is 1. The lowest BCUT2D eigenvalue weighted by molar-refractivity contribution is -0.119. The van der Waals surface area contributed by atoms with Gasteiger partial charge < -0.3 is 9.64 Å². The summed E-state index contributed by atoms with van der Waals surface area (Å²) in [5, 5.41) is 0. The second-order valence-corrected chi connectivity index (χ2v) is 4.51. The van der Waals surface area contributed by atoms with Crippen LogP contribution in [-0.2, 0) is 4.79 Å². The van der Waals surface area contributed by atoms with Crippen molar-refractivity contribution in [3.63, 3.8) is 0 Å². The Labute approximate surface area is 105 Å². The lowest BCUT2D eigenvalue weighted by Crippen LogP contribution is -2.32. The third-order valence-corrected chi connectivity index (χ3v) is 3.53. The van der Waals surface area contributed by atoms with Crippen LogP contribution in [0, 0.1) is 0 Å². The second kappa shape index (κ2) is 4.01. The van der Waals surface area contributed by atoms with E-state index in [1.54, 1.807) is 36.3 Å². The summed E-state index contributed by atoms with van der Waals surface area (Å²) in [7, 11) is 1.58. The Morgan fingerprint density at radius 3 is 2.56 bits per heavy atom. The van der Waals surface area contributed by atoms with E-state index in [1.165, 1.54) is 4.90 Å². The Balaban J connectivity index is 1.92. The van der Waals surface area contributed by atoms with Gasteiger partial charge in [-0.15, -0.1) is 0 Å². The van der Waals surface area contributed by atoms with Crippen molar-refractivity contribution in [1.29, 1.82) is 0 Å². The van der Waals surface area contributed by atoms with Gasteiger partial charge in [0.15, 0.2) is 0 Å². The van der Waals surface area contributed by atoms with Crippen molar-refractivity contribution >= 4 is 17.6 Å². The molecule has 0 saturated carbocycles. The predicted octanol–water partition coefficient (Wildman–Crippen LogP) is 1.63. The summed E-state index contributed by atoms with van der Waals surface area (Å²) < 4.78 is 5.06. The molecule has 5 heteroatoms. The van der Waals surface area contributed by atoms with Crippen LogP contribution in [0.3, 0.4) is 0 Å². The fraction of sp³-hybridized carbons (Fsp3) is 0.385. The average Bonchev–Trinajstić information content (AvgIpc) is 2.95. The monoisotopic (exact) mass is 246 g/mol. The molecule has 0 aliphatic carbocycles. The van der Waals surface area contributed by atoms with Crippen LogP contribution >= 0.6 is 0 Å². The molecule has 2 fully saturated rings. The highest BCUT2D eigenvalue weighted by Gasteiger charge is 2.47. The Kier molecular flexibility index (Phi) is 2.47. The summed E-state index contributed by atoms with van der Waals surface area (Å²) >= 11 is 0. The van der Waals surface area contributed by atoms with Crippen LogP contribution in [0.2, 0.25) is 0 Å². The molecule has 0 spiro atoms. The van der Waals surface area contributed by atoms with Crippen molar-refractivity contribution in [2.45, 2.75) is 18.9 Å². The number of imide groups is 1. The summed E-state index contributed by atoms with van der Waals surface area (Å²) in [6.45, 7) is 0.682. The minimum atomic E-state index is -0.250. The van der Waals surface area contributed by atoms with Gasteiger partial charge in [0.2, 0.25) is 0 Å². The Hall–Kier alpha value is -2.04. The number of methoxy groups -OCH3 is 1. The zero-order valence-electron chi connectivity index (χ0n) is 10.1. The van der Waals surface area contributed by atoms with Crippen molar-refractivity contribution in [3.8, 4) is 5.75 Å². The molecule has 3 rings (SSSR count). The van der Waals surface area contributed by atoms with Crippen LogP contribution in [0.4, 0.5) is 10.5 Å². The van der Waals surface area contributed by atoms with Crippen LogP contribution in [0.15, 0.2) is 24.3 Å². The number of hydrogen-bond donors (Lipinski definition) is 0. The zero-order chi connectivity index (χ0) is 12.7. The maximum atomic E-state index is 12.2. The van der Waals surface area contributed by atoms with E-state index in [0.29, 0.717) is 18.0 Å². The molecule has 0 aromatic heterocycles. The average molecular weight is 246 g/mol. The molecule has 18 heavy (non-hydrogen) atoms. The first-order valence-electron chi connectivity index (χ1n) is 6.01. The van der Waals surface area contributed by atoms with Gasteiger partial charge >= 0.3 is 6.03 Å². The summed E-state index contributed by atoms with van der Waals surface area (Å²) in [4.78, 5) is 27.3. The molecule has 2 heterocycles. The first-order chi connectivity index (χ1) is 8.72. The zero-order valence-corrected chi connectivity index (χ0v) is 10.1. The minimum absolute atomic E-state index is 0.109. The van der Waals surface area contributed by atoms with Gasteiger partial charge in [-0.25, -0.2) is 9.69 Å². The number of urea groups is 1. The summed E-state index contributed by atoms with van der Waals surface area (Å²) in [6.07, 6.45) is 1.69. The number of amides is 3. The maximum absolute atomic E-state index is 12.2. The molecule has 1 atom stereocenters. The Morgan fingerprint density at radius 1 is 1.22 bits per heavy atom. The van der Waals surface area contributed by atoms with Gasteiger partial charge in [0.1, 0.15) is 11.8 Å². The number of carbonyl (C=O) groups excluding carboxylic acids is 2. The molecule has 0 radical (unpaired) electrons. The molecule has 1 aromatic carbocycles. The predicted molar refractivity (Wildman–Crippen MR) is 65.6 cm³/mol. The van der Waals surface area contributed by atoms with Gasteiger partial charge in [-0.05, 0) is 37.1 Å². The van der Waals surface area contributed by atoms with Crippen LogP contribution in [-0.4, -0.2) is 36.5 Å². The van der Waals surface area contributed by atoms with E-state index in [4.69, 9.17) is 4.74 Å². The van der Waals surface area contributed by atoms with Gasteiger partial charge in [0.25, 0.3) is 5.91 Å². The molecule has 2 aliphatic rings. The second-order valence-electron chi connectivity index (χ2n) is 4.51. The van der Waals surface area contributed by atoms with E-state index in [1.807, 2.05) is 0 Å². The van der Waals surface area contributed by atoms with Crippen molar-refractivity contribution in [2.75, 3.05) is 18.6 Å². The first kappa shape index (κ1) is 11.1. The third-order valence-electron chi connectivity index (χ3n) is 3.53. The molecule has 94 valence electrons. The molecule has 2 aliphatic heterocycles. The van der Waals surface area contributed by atoms with Crippen molar-refractivity contribution < 1.29 is 14.3 Å². The van der Waals surface area contributed by atoms with E-state index >= 15 is 0 Å². The largest absolute Gasteiger partial charge is 0.497 e. The van der Waals surface area contributed by atoms with Crippen LogP contribution in [0.1, 0.15) is 12.8 Å². The maximum Gasteiger partial charge on any atom is 0.332 e. The topological polar surface area (TPSA) is 49.9 Å². The third kappa shape index (κ3) is 1.47. The highest BCUT2D eigenvalue weighted by atomic mass is 16.5. The molecular formula is C13H14N2O3. The van der Waals surface area contributed by atoms with Gasteiger partial charge in [0, 0.05) is 6.54 Å². The number of fused-ring (bicyclic) bond motifs is 1. The number of hydrogen-bond acceptors (Lipinski definition) is 3. The molecule has 0 N–H and O–H groups in total. The molecule has 5 nitrogen and oxygen atoms in total. The van der Waals surface area contributed by atoms with Crippen molar-refractivity contribution in [3.05, 3.63) is 24.3 Å². The van der Waals surface area contributed by atoms with E-state index < -0.39 is 0 Å². The quantitative estimate of drug-likeness (QED) is 0.745. The minimum Gasteiger partial charge on any atom is -0.497 e. The lowest BCUT2D eigenvalue weighted by Gasteiger charge is -2.15. The van der Waals surface area contributed by atoms with Crippen LogP contribution < -0.4 is 9.64 Å². The van der Waals surface area contributed by atoms with Gasteiger partial charge in [-0.2, -0.15) is 0 Å². The highest BCUT2D eigenvalue weighted by molar-refractivity contribution is 6.21. The van der Waals surface area contributed by atoms with Crippen LogP contribution in [0.5, 0.6) is 5.75 Å². The van der Waals surface area contributed by atoms with E-state index in [0.717, 1.165) is 12.8 Å². The van der Waals surface area contributed by atoms with Crippen molar-refractivity contribution in [2.24, 2.45) is 0 Å². The fourth-order valence-electron chi connectivity index (χ4n) is 2.59. The highest BCUT2D eigenvalue weighted by Crippen LogP contribution is 2.31. The molecule has 0 unspecified atom stereocenters. The van der Waals surface area contributed by atoms with Gasteiger partial charge in [0.05, 0.1) is 12.8 Å². The molecule has 2 saturated heterocycles. The van der Waals surface area contributed by atoms with Gasteiger partial charge in [-0.1, -0.05) is 0 Å². The Morgan fingerprint density at radius 2 is 1.94 bits per heavy atom. The normalized spacial score (nSPS) is 22.6. The van der Waals surface area contributed by atoms with Crippen molar-refractivity contribution in [1.82, 2.24) is 4.90 Å². The van der Waals surface area contributed by atoms with Gasteiger partial charge in [-0.3, -0.25) is 4.79 Å². The van der Waals surface area contributed by atoms with E-state index in [-0.39, 0.29) is 18.0 Å². The number of benzene rings is 1. The van der Waals surface area contributed by atoms with E-state index in [2.05, 4.69) is 0 Å². The molecule has 3 amide bonds. The SMILES string of the molecule is COc1ccc(N2C(=O)[C@H]3CCCN3C2=O)cc1. The number of ether oxygens (including phenoxy) is 1. The molecular weight excluding hydrogens is 232 g/mol. The first-order valence-corrected chi connectivity index (χ1v) is 6.01. The Bertz CT molecular complexity index is 475. The van der Waals surface area contributed by atoms with E-state index in [9.17, 15) is 9.59 Å².